The number of amides is 1. The minimum atomic E-state index is -0.613. The highest BCUT2D eigenvalue weighted by atomic mass is 35.5. The molecule has 0 saturated carbocycles. The fourth-order valence-corrected chi connectivity index (χ4v) is 2.49. The minimum absolute atomic E-state index is 0.0235. The Morgan fingerprint density at radius 1 is 1.42 bits per heavy atom. The van der Waals surface area contributed by atoms with Gasteiger partial charge in [0, 0.05) is 12.6 Å². The maximum Gasteiger partial charge on any atom is 0.349 e. The Kier molecular flexibility index (Phi) is 6.15. The lowest BCUT2D eigenvalue weighted by molar-refractivity contribution is 0.0945. The van der Waals surface area contributed by atoms with E-state index in [-0.39, 0.29) is 12.1 Å². The van der Waals surface area contributed by atoms with Crippen LogP contribution in [0.4, 0.5) is 0 Å². The number of aryl methyl sites for hydroxylation is 2. The van der Waals surface area contributed by atoms with Gasteiger partial charge in [-0.25, -0.2) is 4.79 Å². The van der Waals surface area contributed by atoms with Crippen LogP contribution >= 0.6 is 11.6 Å². The SMILES string of the molecule is Cc1cc(CCC(C)C)oc(=O)c1C(=O)NCc1ncccc1Cl. The fraction of sp³-hybridized carbons (Fsp3) is 0.389. The third-order valence-corrected chi connectivity index (χ3v) is 3.99. The molecule has 24 heavy (non-hydrogen) atoms. The number of aromatic nitrogens is 1. The van der Waals surface area contributed by atoms with Crippen molar-refractivity contribution >= 4 is 17.5 Å². The summed E-state index contributed by atoms with van der Waals surface area (Å²) in [6.45, 7) is 6.09. The molecule has 1 amide bonds. The van der Waals surface area contributed by atoms with Crippen molar-refractivity contribution in [2.75, 3.05) is 0 Å². The number of nitrogens with zero attached hydrogens (tertiary/aromatic N) is 1. The number of pyridine rings is 1. The average molecular weight is 349 g/mol. The van der Waals surface area contributed by atoms with Gasteiger partial charge in [-0.2, -0.15) is 0 Å². The Labute approximate surface area is 146 Å². The van der Waals surface area contributed by atoms with Gasteiger partial charge in [-0.3, -0.25) is 9.78 Å². The number of hydrogen-bond acceptors (Lipinski definition) is 4. The Morgan fingerprint density at radius 3 is 2.79 bits per heavy atom. The Morgan fingerprint density at radius 2 is 2.17 bits per heavy atom. The molecule has 2 rings (SSSR count). The lowest BCUT2D eigenvalue weighted by atomic mass is 10.0. The zero-order chi connectivity index (χ0) is 17.7. The summed E-state index contributed by atoms with van der Waals surface area (Å²) in [7, 11) is 0. The summed E-state index contributed by atoms with van der Waals surface area (Å²) < 4.78 is 5.28. The van der Waals surface area contributed by atoms with E-state index >= 15 is 0 Å². The standard InChI is InChI=1S/C18H21ClN2O3/c1-11(2)6-7-13-9-12(3)16(18(23)24-13)17(22)21-10-15-14(19)5-4-8-20-15/h4-5,8-9,11H,6-7,10H2,1-3H3,(H,21,22). The van der Waals surface area contributed by atoms with Crippen molar-refractivity contribution in [2.24, 2.45) is 5.92 Å². The maximum atomic E-state index is 12.3. The number of nitrogens with one attached hydrogen (secondary N) is 1. The first-order valence-corrected chi connectivity index (χ1v) is 8.27. The molecule has 5 nitrogen and oxygen atoms in total. The second-order valence-electron chi connectivity index (χ2n) is 6.11. The first kappa shape index (κ1) is 18.2. The Hall–Kier alpha value is -2.14. The molecule has 2 aromatic rings. The molecule has 2 aromatic heterocycles. The van der Waals surface area contributed by atoms with Crippen molar-refractivity contribution in [2.45, 2.75) is 40.2 Å². The van der Waals surface area contributed by atoms with Crippen LogP contribution in [0.5, 0.6) is 0 Å². The van der Waals surface area contributed by atoms with Crippen LogP contribution in [0, 0.1) is 12.8 Å². The van der Waals surface area contributed by atoms with E-state index in [4.69, 9.17) is 16.0 Å². The van der Waals surface area contributed by atoms with Crippen molar-refractivity contribution in [3.8, 4) is 0 Å². The third-order valence-electron chi connectivity index (χ3n) is 3.65. The van der Waals surface area contributed by atoms with Crippen LogP contribution < -0.4 is 10.9 Å². The predicted octanol–water partition coefficient (Wildman–Crippen LogP) is 3.52. The highest BCUT2D eigenvalue weighted by Crippen LogP contribution is 2.13. The zero-order valence-corrected chi connectivity index (χ0v) is 14.8. The highest BCUT2D eigenvalue weighted by molar-refractivity contribution is 6.31. The van der Waals surface area contributed by atoms with Gasteiger partial charge in [0.05, 0.1) is 17.3 Å². The van der Waals surface area contributed by atoms with Crippen molar-refractivity contribution in [3.05, 3.63) is 62.4 Å². The lowest BCUT2D eigenvalue weighted by Crippen LogP contribution is -2.29. The summed E-state index contributed by atoms with van der Waals surface area (Å²) in [6.07, 6.45) is 3.20. The molecule has 0 bridgehead atoms. The Bertz CT molecular complexity index is 784. The van der Waals surface area contributed by atoms with Gasteiger partial charge in [0.15, 0.2) is 0 Å². The Balaban J connectivity index is 2.12. The van der Waals surface area contributed by atoms with Crippen LogP contribution in [-0.4, -0.2) is 10.9 Å². The minimum Gasteiger partial charge on any atom is -0.427 e. The van der Waals surface area contributed by atoms with Crippen LogP contribution in [0.3, 0.4) is 0 Å². The highest BCUT2D eigenvalue weighted by Gasteiger charge is 2.17. The molecule has 0 radical (unpaired) electrons. The molecule has 2 heterocycles. The molecule has 0 saturated heterocycles. The molecule has 0 aliphatic heterocycles. The molecule has 0 atom stereocenters. The molecular weight excluding hydrogens is 328 g/mol. The van der Waals surface area contributed by atoms with Gasteiger partial charge in [-0.05, 0) is 43.0 Å². The van der Waals surface area contributed by atoms with E-state index in [9.17, 15) is 9.59 Å². The van der Waals surface area contributed by atoms with E-state index in [1.54, 1.807) is 31.3 Å². The van der Waals surface area contributed by atoms with E-state index in [1.165, 1.54) is 0 Å². The van der Waals surface area contributed by atoms with E-state index in [2.05, 4.69) is 24.1 Å². The summed E-state index contributed by atoms with van der Waals surface area (Å²) in [6, 6.07) is 5.16. The van der Waals surface area contributed by atoms with Crippen LogP contribution in [0.1, 0.15) is 47.6 Å². The average Bonchev–Trinajstić information content (AvgIpc) is 2.51. The van der Waals surface area contributed by atoms with Crippen molar-refractivity contribution in [1.82, 2.24) is 10.3 Å². The smallest absolute Gasteiger partial charge is 0.349 e. The number of carbonyl (C=O) groups excluding carboxylic acids is 1. The second kappa shape index (κ2) is 8.11. The van der Waals surface area contributed by atoms with Gasteiger partial charge in [0.2, 0.25) is 0 Å². The normalized spacial score (nSPS) is 10.9. The molecule has 6 heteroatoms. The van der Waals surface area contributed by atoms with E-state index in [0.717, 1.165) is 6.42 Å². The predicted molar refractivity (Wildman–Crippen MR) is 93.3 cm³/mol. The summed E-state index contributed by atoms with van der Waals surface area (Å²) >= 11 is 6.00. The summed E-state index contributed by atoms with van der Waals surface area (Å²) in [4.78, 5) is 28.6. The van der Waals surface area contributed by atoms with E-state index in [0.29, 0.717) is 34.4 Å². The van der Waals surface area contributed by atoms with Crippen LogP contribution in [-0.2, 0) is 13.0 Å². The number of halogens is 1. The number of carbonyl (C=O) groups is 1. The van der Waals surface area contributed by atoms with Gasteiger partial charge < -0.3 is 9.73 Å². The lowest BCUT2D eigenvalue weighted by Gasteiger charge is -2.09. The molecule has 0 spiro atoms. The van der Waals surface area contributed by atoms with Gasteiger partial charge in [0.1, 0.15) is 11.3 Å². The molecular formula is C18H21ClN2O3. The summed E-state index contributed by atoms with van der Waals surface area (Å²) in [5.74, 6) is 0.635. The van der Waals surface area contributed by atoms with Crippen molar-refractivity contribution in [3.63, 3.8) is 0 Å². The molecule has 0 fully saturated rings. The molecule has 0 aliphatic rings. The quantitative estimate of drug-likeness (QED) is 0.867. The van der Waals surface area contributed by atoms with Crippen LogP contribution in [0.2, 0.25) is 5.02 Å². The molecule has 0 aliphatic carbocycles. The van der Waals surface area contributed by atoms with Crippen LogP contribution in [0.25, 0.3) is 0 Å². The molecule has 128 valence electrons. The largest absolute Gasteiger partial charge is 0.427 e. The topological polar surface area (TPSA) is 72.2 Å². The second-order valence-corrected chi connectivity index (χ2v) is 6.51. The first-order chi connectivity index (χ1) is 11.4. The van der Waals surface area contributed by atoms with Gasteiger partial charge >= 0.3 is 5.63 Å². The molecule has 0 aromatic carbocycles. The molecule has 1 N–H and O–H groups in total. The van der Waals surface area contributed by atoms with Crippen molar-refractivity contribution < 1.29 is 9.21 Å². The number of rotatable bonds is 6. The summed E-state index contributed by atoms with van der Waals surface area (Å²) in [5, 5.41) is 3.13. The van der Waals surface area contributed by atoms with E-state index < -0.39 is 11.5 Å². The monoisotopic (exact) mass is 348 g/mol. The van der Waals surface area contributed by atoms with Gasteiger partial charge in [0.25, 0.3) is 5.91 Å². The van der Waals surface area contributed by atoms with Crippen molar-refractivity contribution in [1.29, 1.82) is 0 Å². The summed E-state index contributed by atoms with van der Waals surface area (Å²) in [5.41, 5.74) is 0.562. The third kappa shape index (κ3) is 4.68. The first-order valence-electron chi connectivity index (χ1n) is 7.89. The fourth-order valence-electron chi connectivity index (χ4n) is 2.30. The van der Waals surface area contributed by atoms with Gasteiger partial charge in [-0.15, -0.1) is 0 Å². The zero-order valence-electron chi connectivity index (χ0n) is 14.1. The maximum absolute atomic E-state index is 12.3. The van der Waals surface area contributed by atoms with E-state index in [1.807, 2.05) is 0 Å². The van der Waals surface area contributed by atoms with Gasteiger partial charge in [-0.1, -0.05) is 25.4 Å². The number of hydrogen-bond donors (Lipinski definition) is 1. The molecule has 0 unspecified atom stereocenters. The van der Waals surface area contributed by atoms with Crippen LogP contribution in [0.15, 0.2) is 33.6 Å².